The number of pyridine rings is 1. The molecule has 0 unspecified atom stereocenters. The average molecular weight is 359 g/mol. The number of hydrogen-bond donors (Lipinski definition) is 1. The number of hydrogen-bond acceptors (Lipinski definition) is 4. The van der Waals surface area contributed by atoms with Gasteiger partial charge in [0.2, 0.25) is 0 Å². The molecule has 2 heterocycles. The highest BCUT2D eigenvalue weighted by atomic mass is 32.2. The fourth-order valence-corrected chi connectivity index (χ4v) is 3.73. The Kier molecular flexibility index (Phi) is 6.28. The summed E-state index contributed by atoms with van der Waals surface area (Å²) in [6, 6.07) is 10.4. The van der Waals surface area contributed by atoms with Crippen LogP contribution in [0, 0.1) is 5.82 Å². The Morgan fingerprint density at radius 1 is 1.20 bits per heavy atom. The van der Waals surface area contributed by atoms with E-state index in [9.17, 15) is 9.18 Å². The molecule has 1 aromatic heterocycles. The minimum atomic E-state index is -0.176. The summed E-state index contributed by atoms with van der Waals surface area (Å²) in [5, 5.41) is 2.94. The van der Waals surface area contributed by atoms with E-state index in [4.69, 9.17) is 0 Å². The van der Waals surface area contributed by atoms with Crippen LogP contribution in [0.1, 0.15) is 28.8 Å². The van der Waals surface area contributed by atoms with E-state index >= 15 is 0 Å². The van der Waals surface area contributed by atoms with E-state index in [-0.39, 0.29) is 11.7 Å². The number of anilines is 1. The molecule has 0 radical (unpaired) electrons. The highest BCUT2D eigenvalue weighted by molar-refractivity contribution is 7.98. The van der Waals surface area contributed by atoms with E-state index in [1.807, 2.05) is 12.1 Å². The largest absolute Gasteiger partial charge is 0.356 e. The van der Waals surface area contributed by atoms with Crippen molar-refractivity contribution in [1.29, 1.82) is 0 Å². The van der Waals surface area contributed by atoms with Gasteiger partial charge in [-0.2, -0.15) is 11.8 Å². The van der Waals surface area contributed by atoms with Crippen molar-refractivity contribution in [1.82, 2.24) is 10.3 Å². The maximum Gasteiger partial charge on any atom is 0.255 e. The number of rotatable bonds is 7. The molecule has 0 spiro atoms. The van der Waals surface area contributed by atoms with Crippen molar-refractivity contribution < 1.29 is 9.18 Å². The van der Waals surface area contributed by atoms with Crippen molar-refractivity contribution >= 4 is 23.5 Å². The molecule has 3 rings (SSSR count). The van der Waals surface area contributed by atoms with Crippen LogP contribution >= 0.6 is 11.8 Å². The Labute approximate surface area is 151 Å². The minimum absolute atomic E-state index is 0.0958. The van der Waals surface area contributed by atoms with Crippen LogP contribution in [0.3, 0.4) is 0 Å². The Bertz CT molecular complexity index is 719. The van der Waals surface area contributed by atoms with Gasteiger partial charge in [0, 0.05) is 37.3 Å². The summed E-state index contributed by atoms with van der Waals surface area (Å²) in [4.78, 5) is 19.0. The lowest BCUT2D eigenvalue weighted by atomic mass is 10.2. The van der Waals surface area contributed by atoms with Crippen molar-refractivity contribution in [2.45, 2.75) is 18.6 Å². The topological polar surface area (TPSA) is 45.2 Å². The van der Waals surface area contributed by atoms with E-state index in [2.05, 4.69) is 15.2 Å². The van der Waals surface area contributed by atoms with Crippen molar-refractivity contribution in [3.05, 3.63) is 59.5 Å². The molecule has 0 atom stereocenters. The molecule has 1 amide bonds. The van der Waals surface area contributed by atoms with Crippen LogP contribution in [0.15, 0.2) is 42.6 Å². The van der Waals surface area contributed by atoms with Gasteiger partial charge in [0.05, 0.1) is 5.56 Å². The van der Waals surface area contributed by atoms with E-state index in [1.165, 1.54) is 6.07 Å². The molecule has 25 heavy (non-hydrogen) atoms. The number of amides is 1. The molecule has 1 aromatic carbocycles. The number of nitrogens with zero attached hydrogens (tertiary/aromatic N) is 2. The van der Waals surface area contributed by atoms with Crippen LogP contribution in [-0.4, -0.2) is 36.3 Å². The first-order valence-electron chi connectivity index (χ1n) is 8.55. The van der Waals surface area contributed by atoms with E-state index in [0.717, 1.165) is 37.5 Å². The van der Waals surface area contributed by atoms with Crippen LogP contribution in [0.5, 0.6) is 0 Å². The number of carbonyl (C=O) groups excluding carboxylic acids is 1. The third-order valence-corrected chi connectivity index (χ3v) is 5.19. The summed E-state index contributed by atoms with van der Waals surface area (Å²) in [6.45, 7) is 2.46. The van der Waals surface area contributed by atoms with Crippen molar-refractivity contribution in [3.8, 4) is 0 Å². The second-order valence-electron chi connectivity index (χ2n) is 5.97. The summed E-state index contributed by atoms with van der Waals surface area (Å²) < 4.78 is 13.5. The van der Waals surface area contributed by atoms with Crippen molar-refractivity contribution in [2.75, 3.05) is 30.3 Å². The Morgan fingerprint density at radius 2 is 2.00 bits per heavy atom. The van der Waals surface area contributed by atoms with Crippen LogP contribution < -0.4 is 10.2 Å². The first-order valence-corrected chi connectivity index (χ1v) is 9.70. The molecule has 1 fully saturated rings. The number of thioether (sulfide) groups is 1. The molecule has 0 saturated carbocycles. The third-order valence-electron chi connectivity index (χ3n) is 4.18. The van der Waals surface area contributed by atoms with E-state index < -0.39 is 0 Å². The number of carbonyl (C=O) groups is 1. The summed E-state index contributed by atoms with van der Waals surface area (Å²) in [5.74, 6) is 1.84. The smallest absolute Gasteiger partial charge is 0.255 e. The lowest BCUT2D eigenvalue weighted by Gasteiger charge is -2.19. The first-order chi connectivity index (χ1) is 12.3. The molecular formula is C19H22FN3OS. The molecule has 0 aliphatic carbocycles. The zero-order valence-electron chi connectivity index (χ0n) is 14.1. The molecule has 2 aromatic rings. The lowest BCUT2D eigenvalue weighted by molar-refractivity contribution is 0.0956. The second kappa shape index (κ2) is 8.85. The Hall–Kier alpha value is -2.08. The van der Waals surface area contributed by atoms with Crippen LogP contribution in [0.4, 0.5) is 10.2 Å². The highest BCUT2D eigenvalue weighted by Crippen LogP contribution is 2.21. The predicted molar refractivity (Wildman–Crippen MR) is 101 cm³/mol. The summed E-state index contributed by atoms with van der Waals surface area (Å²) in [6.07, 6.45) is 4.02. The maximum absolute atomic E-state index is 13.5. The zero-order chi connectivity index (χ0) is 17.5. The molecule has 1 saturated heterocycles. The van der Waals surface area contributed by atoms with Gasteiger partial charge in [-0.3, -0.25) is 4.79 Å². The van der Waals surface area contributed by atoms with Gasteiger partial charge >= 0.3 is 0 Å². The maximum atomic E-state index is 13.5. The fourth-order valence-electron chi connectivity index (χ4n) is 2.88. The summed E-state index contributed by atoms with van der Waals surface area (Å²) >= 11 is 1.61. The quantitative estimate of drug-likeness (QED) is 0.769. The van der Waals surface area contributed by atoms with E-state index in [1.54, 1.807) is 36.2 Å². The SMILES string of the molecule is O=C(NCCSCc1ccccc1F)c1cccnc1N1CCCC1. The molecule has 6 heteroatoms. The second-order valence-corrected chi connectivity index (χ2v) is 7.07. The molecule has 4 nitrogen and oxygen atoms in total. The minimum Gasteiger partial charge on any atom is -0.356 e. The standard InChI is InChI=1S/C19H22FN3OS/c20-17-8-2-1-6-15(17)14-25-13-10-22-19(24)16-7-5-9-21-18(16)23-11-3-4-12-23/h1-2,5-9H,3-4,10-14H2,(H,22,24). The van der Waals surface area contributed by atoms with Crippen LogP contribution in [-0.2, 0) is 5.75 Å². The van der Waals surface area contributed by atoms with Gasteiger partial charge in [0.15, 0.2) is 0 Å². The number of aromatic nitrogens is 1. The Morgan fingerprint density at radius 3 is 2.80 bits per heavy atom. The van der Waals surface area contributed by atoms with Gasteiger partial charge < -0.3 is 10.2 Å². The summed E-state index contributed by atoms with van der Waals surface area (Å²) in [5.41, 5.74) is 1.32. The van der Waals surface area contributed by atoms with Gasteiger partial charge in [0.1, 0.15) is 11.6 Å². The molecule has 1 N–H and O–H groups in total. The number of halogens is 1. The van der Waals surface area contributed by atoms with Gasteiger partial charge in [-0.1, -0.05) is 18.2 Å². The average Bonchev–Trinajstić information content (AvgIpc) is 3.17. The zero-order valence-corrected chi connectivity index (χ0v) is 14.9. The van der Waals surface area contributed by atoms with Gasteiger partial charge in [-0.25, -0.2) is 9.37 Å². The molecule has 1 aliphatic heterocycles. The van der Waals surface area contributed by atoms with Crippen LogP contribution in [0.2, 0.25) is 0 Å². The lowest BCUT2D eigenvalue weighted by Crippen LogP contribution is -2.29. The monoisotopic (exact) mass is 359 g/mol. The predicted octanol–water partition coefficient (Wildman–Crippen LogP) is 3.48. The van der Waals surface area contributed by atoms with Crippen molar-refractivity contribution in [3.63, 3.8) is 0 Å². The number of nitrogens with one attached hydrogen (secondary N) is 1. The summed E-state index contributed by atoms with van der Waals surface area (Å²) in [7, 11) is 0. The molecular weight excluding hydrogens is 337 g/mol. The highest BCUT2D eigenvalue weighted by Gasteiger charge is 2.20. The molecule has 132 valence electrons. The normalized spacial score (nSPS) is 13.9. The van der Waals surface area contributed by atoms with Gasteiger partial charge in [-0.15, -0.1) is 0 Å². The fraction of sp³-hybridized carbons (Fsp3) is 0.368. The van der Waals surface area contributed by atoms with Gasteiger partial charge in [-0.05, 0) is 36.6 Å². The Balaban J connectivity index is 1.47. The number of benzene rings is 1. The first kappa shape index (κ1) is 17.7. The van der Waals surface area contributed by atoms with E-state index in [0.29, 0.717) is 23.4 Å². The van der Waals surface area contributed by atoms with Crippen molar-refractivity contribution in [2.24, 2.45) is 0 Å². The van der Waals surface area contributed by atoms with Gasteiger partial charge in [0.25, 0.3) is 5.91 Å². The van der Waals surface area contributed by atoms with Crippen LogP contribution in [0.25, 0.3) is 0 Å². The molecule has 0 bridgehead atoms. The molecule has 1 aliphatic rings. The third kappa shape index (κ3) is 4.72.